The molecule has 0 aromatic carbocycles. The summed E-state index contributed by atoms with van der Waals surface area (Å²) >= 11 is 1.85. The van der Waals surface area contributed by atoms with Crippen molar-refractivity contribution >= 4 is 41.3 Å². The van der Waals surface area contributed by atoms with Gasteiger partial charge in [0.2, 0.25) is 0 Å². The zero-order valence-electron chi connectivity index (χ0n) is 15.7. The lowest BCUT2D eigenvalue weighted by Crippen LogP contribution is -2.52. The summed E-state index contributed by atoms with van der Waals surface area (Å²) in [4.78, 5) is 11.3. The molecule has 0 aliphatic carbocycles. The van der Waals surface area contributed by atoms with Gasteiger partial charge in [-0.05, 0) is 31.2 Å². The topological polar surface area (TPSA) is 40.1 Å². The fourth-order valence-electron chi connectivity index (χ4n) is 3.26. The summed E-state index contributed by atoms with van der Waals surface area (Å²) in [7, 11) is 0. The molecule has 5 nitrogen and oxygen atoms in total. The van der Waals surface area contributed by atoms with Crippen LogP contribution in [0.3, 0.4) is 0 Å². The van der Waals surface area contributed by atoms with Crippen LogP contribution in [0.15, 0.2) is 34.2 Å². The van der Waals surface area contributed by atoms with Gasteiger partial charge in [0.05, 0.1) is 13.2 Å². The van der Waals surface area contributed by atoms with Gasteiger partial charge in [-0.15, -0.1) is 35.3 Å². The highest BCUT2D eigenvalue weighted by Crippen LogP contribution is 2.14. The van der Waals surface area contributed by atoms with Gasteiger partial charge in [0.15, 0.2) is 5.96 Å². The minimum atomic E-state index is 0. The summed E-state index contributed by atoms with van der Waals surface area (Å²) in [6.45, 7) is 10.9. The number of rotatable bonds is 6. The van der Waals surface area contributed by atoms with E-state index in [1.807, 2.05) is 11.3 Å². The monoisotopic (exact) mass is 490 g/mol. The maximum Gasteiger partial charge on any atom is 0.194 e. The number of hydrogen-bond acceptors (Lipinski definition) is 4. The number of thiophene rings is 1. The third-order valence-corrected chi connectivity index (χ3v) is 5.58. The highest BCUT2D eigenvalue weighted by molar-refractivity contribution is 14.0. The first kappa shape index (κ1) is 21.7. The van der Waals surface area contributed by atoms with E-state index in [9.17, 15) is 0 Å². The number of nitrogens with one attached hydrogen (secondary N) is 1. The quantitative estimate of drug-likeness (QED) is 0.288. The summed E-state index contributed by atoms with van der Waals surface area (Å²) in [5.41, 5.74) is 1.49. The third-order valence-electron chi connectivity index (χ3n) is 4.72. The van der Waals surface area contributed by atoms with Crippen LogP contribution in [0.5, 0.6) is 0 Å². The number of nitrogens with zero attached hydrogens (tertiary/aromatic N) is 3. The average molecular weight is 490 g/mol. The highest BCUT2D eigenvalue weighted by atomic mass is 127. The number of ether oxygens (including phenoxy) is 1. The molecule has 1 saturated heterocycles. The Balaban J connectivity index is 0.00000243. The normalized spacial score (nSPS) is 19.0. The van der Waals surface area contributed by atoms with Crippen molar-refractivity contribution in [2.75, 3.05) is 52.5 Å². The van der Waals surface area contributed by atoms with E-state index in [1.54, 1.807) is 0 Å². The molecule has 0 unspecified atom stereocenters. The van der Waals surface area contributed by atoms with Crippen molar-refractivity contribution in [2.45, 2.75) is 26.3 Å². The minimum absolute atomic E-state index is 0. The molecule has 1 aromatic heterocycles. The predicted octanol–water partition coefficient (Wildman–Crippen LogP) is 3.19. The van der Waals surface area contributed by atoms with Crippen molar-refractivity contribution in [3.63, 3.8) is 0 Å². The first-order valence-corrected chi connectivity index (χ1v) is 10.3. The van der Waals surface area contributed by atoms with E-state index in [0.717, 1.165) is 77.8 Å². The van der Waals surface area contributed by atoms with Crippen molar-refractivity contribution in [2.24, 2.45) is 4.99 Å². The molecule has 0 atom stereocenters. The molecule has 1 fully saturated rings. The number of piperazine rings is 1. The number of guanidine groups is 1. The van der Waals surface area contributed by atoms with Gasteiger partial charge in [-0.25, -0.2) is 0 Å². The van der Waals surface area contributed by atoms with Gasteiger partial charge >= 0.3 is 0 Å². The fourth-order valence-corrected chi connectivity index (χ4v) is 4.01. The summed E-state index contributed by atoms with van der Waals surface area (Å²) < 4.78 is 5.37. The molecule has 26 heavy (non-hydrogen) atoms. The van der Waals surface area contributed by atoms with Crippen molar-refractivity contribution in [3.8, 4) is 0 Å². The van der Waals surface area contributed by atoms with Crippen LogP contribution < -0.4 is 5.32 Å². The molecule has 0 amide bonds. The second kappa shape index (κ2) is 11.9. The third kappa shape index (κ3) is 6.83. The molecule has 1 N–H and O–H groups in total. The van der Waals surface area contributed by atoms with E-state index in [1.165, 1.54) is 10.5 Å². The lowest BCUT2D eigenvalue weighted by molar-refractivity contribution is 0.153. The van der Waals surface area contributed by atoms with Gasteiger partial charge in [0.25, 0.3) is 0 Å². The van der Waals surface area contributed by atoms with E-state index < -0.39 is 0 Å². The largest absolute Gasteiger partial charge is 0.377 e. The fraction of sp³-hybridized carbons (Fsp3) is 0.632. The van der Waals surface area contributed by atoms with E-state index >= 15 is 0 Å². The van der Waals surface area contributed by atoms with Crippen LogP contribution in [0.1, 0.15) is 24.6 Å². The Morgan fingerprint density at radius 3 is 2.81 bits per heavy atom. The Bertz CT molecular complexity index is 568. The Hall–Kier alpha value is -0.640. The Morgan fingerprint density at radius 1 is 1.31 bits per heavy atom. The zero-order chi connectivity index (χ0) is 17.3. The van der Waals surface area contributed by atoms with Gasteiger partial charge in [-0.1, -0.05) is 17.7 Å². The molecule has 0 spiro atoms. The van der Waals surface area contributed by atoms with Crippen molar-refractivity contribution in [3.05, 3.63) is 34.0 Å². The van der Waals surface area contributed by atoms with Gasteiger partial charge in [0, 0.05) is 50.7 Å². The van der Waals surface area contributed by atoms with E-state index in [0.29, 0.717) is 0 Å². The van der Waals surface area contributed by atoms with E-state index in [-0.39, 0.29) is 24.0 Å². The Labute approximate surface area is 178 Å². The number of halogens is 1. The molecule has 7 heteroatoms. The maximum absolute atomic E-state index is 5.37. The molecule has 1 aromatic rings. The van der Waals surface area contributed by atoms with Crippen molar-refractivity contribution in [1.82, 2.24) is 15.1 Å². The average Bonchev–Trinajstić information content (AvgIpc) is 3.16. The van der Waals surface area contributed by atoms with Crippen LogP contribution in [-0.2, 0) is 11.3 Å². The lowest BCUT2D eigenvalue weighted by Gasteiger charge is -2.36. The molecule has 2 aliphatic heterocycles. The highest BCUT2D eigenvalue weighted by Gasteiger charge is 2.19. The predicted molar refractivity (Wildman–Crippen MR) is 121 cm³/mol. The smallest absolute Gasteiger partial charge is 0.194 e. The molecule has 146 valence electrons. The van der Waals surface area contributed by atoms with Crippen LogP contribution in [-0.4, -0.2) is 68.2 Å². The molecule has 0 saturated carbocycles. The van der Waals surface area contributed by atoms with Crippen LogP contribution in [0.25, 0.3) is 0 Å². The number of aliphatic imine (C=N–C) groups is 1. The Morgan fingerprint density at radius 2 is 2.15 bits per heavy atom. The second-order valence-electron chi connectivity index (χ2n) is 6.52. The first-order valence-electron chi connectivity index (χ1n) is 9.39. The van der Waals surface area contributed by atoms with E-state index in [4.69, 9.17) is 9.73 Å². The second-order valence-corrected chi connectivity index (χ2v) is 7.55. The first-order chi connectivity index (χ1) is 12.3. The van der Waals surface area contributed by atoms with Crippen LogP contribution >= 0.6 is 35.3 Å². The summed E-state index contributed by atoms with van der Waals surface area (Å²) in [6.07, 6.45) is 4.33. The van der Waals surface area contributed by atoms with Crippen molar-refractivity contribution < 1.29 is 4.74 Å². The molecular weight excluding hydrogens is 459 g/mol. The SMILES string of the molecule is CCNC(=NCCC1=CCOCC1)N1CCN(Cc2cccs2)CC1.I. The minimum Gasteiger partial charge on any atom is -0.377 e. The Kier molecular flexibility index (Phi) is 9.95. The molecule has 3 rings (SSSR count). The summed E-state index contributed by atoms with van der Waals surface area (Å²) in [5, 5.41) is 5.63. The van der Waals surface area contributed by atoms with Gasteiger partial charge in [0.1, 0.15) is 0 Å². The van der Waals surface area contributed by atoms with Crippen molar-refractivity contribution in [1.29, 1.82) is 0 Å². The van der Waals surface area contributed by atoms with E-state index in [2.05, 4.69) is 45.6 Å². The summed E-state index contributed by atoms with van der Waals surface area (Å²) in [6, 6.07) is 4.37. The standard InChI is InChI=1S/C19H30N4OS.HI/c1-2-20-19(21-8-5-17-6-13-24-14-7-17)23-11-9-22(10-12-23)16-18-4-3-15-25-18;/h3-4,6,15H,2,5,7-14,16H2,1H3,(H,20,21);1H. The molecular formula is C19H31IN4OS. The zero-order valence-corrected chi connectivity index (χ0v) is 18.8. The lowest BCUT2D eigenvalue weighted by atomic mass is 10.1. The van der Waals surface area contributed by atoms with Crippen LogP contribution in [0, 0.1) is 0 Å². The van der Waals surface area contributed by atoms with Crippen LogP contribution in [0.2, 0.25) is 0 Å². The van der Waals surface area contributed by atoms with Gasteiger partial charge in [-0.2, -0.15) is 0 Å². The number of hydrogen-bond donors (Lipinski definition) is 1. The molecule has 0 bridgehead atoms. The van der Waals surface area contributed by atoms with Gasteiger partial charge < -0.3 is 15.0 Å². The summed E-state index contributed by atoms with van der Waals surface area (Å²) in [5.74, 6) is 1.07. The van der Waals surface area contributed by atoms with Crippen LogP contribution in [0.4, 0.5) is 0 Å². The molecule has 3 heterocycles. The van der Waals surface area contributed by atoms with Gasteiger partial charge in [-0.3, -0.25) is 9.89 Å². The maximum atomic E-state index is 5.37. The molecule has 0 radical (unpaired) electrons. The molecule has 2 aliphatic rings.